The minimum absolute atomic E-state index is 0.00193. The molecule has 33 heavy (non-hydrogen) atoms. The molecule has 1 N–H and O–H groups in total. The van der Waals surface area contributed by atoms with E-state index >= 15 is 0 Å². The van der Waals surface area contributed by atoms with E-state index < -0.39 is 30.4 Å². The largest absolute Gasteiger partial charge is 0.494 e. The molecule has 0 bridgehead atoms. The van der Waals surface area contributed by atoms with Crippen LogP contribution in [0, 0.1) is 0 Å². The molecular weight excluding hydrogens is 440 g/mol. The fourth-order valence-corrected chi connectivity index (χ4v) is 3.54. The van der Waals surface area contributed by atoms with Gasteiger partial charge in [0.25, 0.3) is 0 Å². The Morgan fingerprint density at radius 1 is 1.12 bits per heavy atom. The third kappa shape index (κ3) is 6.01. The van der Waals surface area contributed by atoms with Gasteiger partial charge in [-0.05, 0) is 57.1 Å². The number of fused-ring (bicyclic) bond motifs is 1. The van der Waals surface area contributed by atoms with Gasteiger partial charge in [-0.15, -0.1) is 0 Å². The normalized spacial score (nSPS) is 20.2. The molecule has 0 aromatic heterocycles. The van der Waals surface area contributed by atoms with Crippen molar-refractivity contribution in [3.8, 4) is 0 Å². The maximum atomic E-state index is 12.2. The predicted octanol–water partition coefficient (Wildman–Crippen LogP) is 2.33. The predicted molar refractivity (Wildman–Crippen MR) is 117 cm³/mol. The van der Waals surface area contributed by atoms with E-state index in [-0.39, 0.29) is 32.1 Å². The van der Waals surface area contributed by atoms with E-state index in [4.69, 9.17) is 14.0 Å². The highest BCUT2D eigenvalue weighted by atomic mass is 19.4. The molecule has 180 valence electrons. The molecule has 1 aromatic carbocycles. The molecule has 3 rings (SSSR count). The van der Waals surface area contributed by atoms with Gasteiger partial charge < -0.3 is 19.4 Å². The number of rotatable bonds is 7. The van der Waals surface area contributed by atoms with E-state index in [0.717, 1.165) is 23.0 Å². The second-order valence-corrected chi connectivity index (χ2v) is 9.07. The van der Waals surface area contributed by atoms with Crippen LogP contribution in [0.1, 0.15) is 51.7 Å². The number of aryl methyl sites for hydroxylation is 1. The third-order valence-electron chi connectivity index (χ3n) is 6.11. The van der Waals surface area contributed by atoms with Crippen molar-refractivity contribution in [3.63, 3.8) is 0 Å². The zero-order valence-electron chi connectivity index (χ0n) is 19.2. The average molecular weight is 468 g/mol. The maximum Gasteiger partial charge on any atom is 0.494 e. The SMILES string of the molecule is CC1(C)OB(c2ccc3c(c2)CCC3=NC(=O)CCOCCNC(=O)C(F)(F)F)OC1(C)C. The smallest absolute Gasteiger partial charge is 0.399 e. The number of nitrogens with one attached hydrogen (secondary N) is 1. The van der Waals surface area contributed by atoms with Crippen molar-refractivity contribution in [3.05, 3.63) is 29.3 Å². The van der Waals surface area contributed by atoms with E-state index in [2.05, 4.69) is 4.99 Å². The summed E-state index contributed by atoms with van der Waals surface area (Å²) in [5.41, 5.74) is 2.76. The zero-order chi connectivity index (χ0) is 24.4. The number of carbonyl (C=O) groups excluding carboxylic acids is 2. The molecule has 0 radical (unpaired) electrons. The number of aliphatic imine (C=N–C) groups is 1. The Morgan fingerprint density at radius 2 is 1.79 bits per heavy atom. The van der Waals surface area contributed by atoms with E-state index in [0.29, 0.717) is 12.1 Å². The van der Waals surface area contributed by atoms with E-state index in [1.807, 2.05) is 45.9 Å². The average Bonchev–Trinajstić information content (AvgIpc) is 3.20. The fraction of sp³-hybridized carbons (Fsp3) is 0.591. The number of hydrogen-bond acceptors (Lipinski definition) is 5. The Bertz CT molecular complexity index is 930. The van der Waals surface area contributed by atoms with Crippen molar-refractivity contribution >= 4 is 30.1 Å². The second-order valence-electron chi connectivity index (χ2n) is 9.07. The topological polar surface area (TPSA) is 86.2 Å². The molecule has 1 aliphatic heterocycles. The summed E-state index contributed by atoms with van der Waals surface area (Å²) in [6.45, 7) is 7.58. The first-order valence-electron chi connectivity index (χ1n) is 10.8. The molecule has 0 spiro atoms. The van der Waals surface area contributed by atoms with Crippen molar-refractivity contribution in [2.24, 2.45) is 4.99 Å². The molecule has 7 nitrogen and oxygen atoms in total. The highest BCUT2D eigenvalue weighted by Crippen LogP contribution is 2.36. The first kappa shape index (κ1) is 25.4. The van der Waals surface area contributed by atoms with Crippen LogP contribution in [0.5, 0.6) is 0 Å². The van der Waals surface area contributed by atoms with Gasteiger partial charge in [0.05, 0.1) is 36.5 Å². The molecule has 2 amide bonds. The lowest BCUT2D eigenvalue weighted by Crippen LogP contribution is -2.41. The van der Waals surface area contributed by atoms with Gasteiger partial charge in [0.15, 0.2) is 0 Å². The molecule has 1 heterocycles. The van der Waals surface area contributed by atoms with E-state index in [1.165, 1.54) is 0 Å². The fourth-order valence-electron chi connectivity index (χ4n) is 3.54. The van der Waals surface area contributed by atoms with Crippen LogP contribution in [0.3, 0.4) is 0 Å². The van der Waals surface area contributed by atoms with Crippen LogP contribution < -0.4 is 10.8 Å². The Labute approximate surface area is 191 Å². The van der Waals surface area contributed by atoms with Gasteiger partial charge >= 0.3 is 19.2 Å². The Hall–Kier alpha value is -2.24. The zero-order valence-corrected chi connectivity index (χ0v) is 19.2. The van der Waals surface area contributed by atoms with Crippen LogP contribution in [0.4, 0.5) is 13.2 Å². The molecule has 0 saturated carbocycles. The molecule has 1 aliphatic carbocycles. The summed E-state index contributed by atoms with van der Waals surface area (Å²) in [4.78, 5) is 27.0. The number of amides is 2. The minimum Gasteiger partial charge on any atom is -0.399 e. The number of benzene rings is 1. The third-order valence-corrected chi connectivity index (χ3v) is 6.11. The van der Waals surface area contributed by atoms with Crippen LogP contribution in [0.15, 0.2) is 23.2 Å². The van der Waals surface area contributed by atoms with Crippen LogP contribution in [-0.2, 0) is 30.1 Å². The van der Waals surface area contributed by atoms with Gasteiger partial charge in [-0.2, -0.15) is 13.2 Å². The Balaban J connectivity index is 1.49. The quantitative estimate of drug-likeness (QED) is 0.491. The molecule has 11 heteroatoms. The molecule has 2 aliphatic rings. The van der Waals surface area contributed by atoms with Crippen molar-refractivity contribution in [2.75, 3.05) is 19.8 Å². The van der Waals surface area contributed by atoms with Crippen molar-refractivity contribution in [2.45, 2.75) is 64.3 Å². The van der Waals surface area contributed by atoms with Gasteiger partial charge in [-0.1, -0.05) is 18.2 Å². The summed E-state index contributed by atoms with van der Waals surface area (Å²) in [6, 6.07) is 5.88. The van der Waals surface area contributed by atoms with Crippen molar-refractivity contribution in [1.29, 1.82) is 0 Å². The van der Waals surface area contributed by atoms with Gasteiger partial charge in [-0.25, -0.2) is 4.99 Å². The highest BCUT2D eigenvalue weighted by Gasteiger charge is 2.51. The molecule has 0 unspecified atom stereocenters. The van der Waals surface area contributed by atoms with Crippen LogP contribution >= 0.6 is 0 Å². The molecule has 1 saturated heterocycles. The Kier molecular flexibility index (Phi) is 7.35. The number of halogens is 3. The van der Waals surface area contributed by atoms with Gasteiger partial charge in [-0.3, -0.25) is 9.59 Å². The van der Waals surface area contributed by atoms with E-state index in [9.17, 15) is 22.8 Å². The number of carbonyl (C=O) groups is 2. The van der Waals surface area contributed by atoms with Crippen molar-refractivity contribution in [1.82, 2.24) is 5.32 Å². The van der Waals surface area contributed by atoms with Crippen LogP contribution in [-0.4, -0.2) is 61.8 Å². The lowest BCUT2D eigenvalue weighted by atomic mass is 9.78. The monoisotopic (exact) mass is 468 g/mol. The first-order chi connectivity index (χ1) is 15.3. The molecule has 1 fully saturated rings. The molecule has 0 atom stereocenters. The van der Waals surface area contributed by atoms with Crippen LogP contribution in [0.25, 0.3) is 0 Å². The van der Waals surface area contributed by atoms with E-state index in [1.54, 1.807) is 5.32 Å². The number of ether oxygens (including phenoxy) is 1. The van der Waals surface area contributed by atoms with Crippen molar-refractivity contribution < 1.29 is 36.8 Å². The van der Waals surface area contributed by atoms with Gasteiger partial charge in [0.1, 0.15) is 0 Å². The lowest BCUT2D eigenvalue weighted by molar-refractivity contribution is -0.173. The maximum absolute atomic E-state index is 12.2. The lowest BCUT2D eigenvalue weighted by Gasteiger charge is -2.32. The summed E-state index contributed by atoms with van der Waals surface area (Å²) in [7, 11) is -0.457. The number of nitrogens with zero attached hydrogens (tertiary/aromatic N) is 1. The van der Waals surface area contributed by atoms with Gasteiger partial charge in [0.2, 0.25) is 5.91 Å². The summed E-state index contributed by atoms with van der Waals surface area (Å²) >= 11 is 0. The number of alkyl halides is 3. The second kappa shape index (κ2) is 9.56. The highest BCUT2D eigenvalue weighted by molar-refractivity contribution is 6.62. The summed E-state index contributed by atoms with van der Waals surface area (Å²) in [5, 5.41) is 1.69. The summed E-state index contributed by atoms with van der Waals surface area (Å²) in [5.74, 6) is -2.39. The molecular formula is C22H28BF3N2O5. The minimum atomic E-state index is -4.92. The number of hydrogen-bond donors (Lipinski definition) is 1. The van der Waals surface area contributed by atoms with Gasteiger partial charge in [0, 0.05) is 6.54 Å². The summed E-state index contributed by atoms with van der Waals surface area (Å²) < 4.78 is 53.5. The van der Waals surface area contributed by atoms with Crippen LogP contribution in [0.2, 0.25) is 0 Å². The molecule has 1 aromatic rings. The Morgan fingerprint density at radius 3 is 2.42 bits per heavy atom. The summed E-state index contributed by atoms with van der Waals surface area (Å²) in [6.07, 6.45) is -3.53. The first-order valence-corrected chi connectivity index (χ1v) is 10.8. The standard InChI is InChI=1S/C22H28BF3N2O5/c1-20(2)21(3,4)33-23(32-20)15-6-7-16-14(13-15)5-8-17(16)28-18(29)9-11-31-12-10-27-19(30)22(24,25)26/h6-7,13H,5,8-12H2,1-4H3,(H,27,30).